The molecule has 0 saturated heterocycles. The zero-order chi connectivity index (χ0) is 20.0. The van der Waals surface area contributed by atoms with Crippen molar-refractivity contribution < 1.29 is 13.2 Å². The van der Waals surface area contributed by atoms with Crippen LogP contribution >= 0.6 is 24.0 Å². The lowest BCUT2D eigenvalue weighted by atomic mass is 10.1. The molecule has 29 heavy (non-hydrogen) atoms. The molecule has 0 amide bonds. The van der Waals surface area contributed by atoms with Gasteiger partial charge in [0.1, 0.15) is 12.1 Å². The highest BCUT2D eigenvalue weighted by molar-refractivity contribution is 14.0. The van der Waals surface area contributed by atoms with E-state index in [1.165, 1.54) is 12.1 Å². The van der Waals surface area contributed by atoms with E-state index >= 15 is 0 Å². The van der Waals surface area contributed by atoms with Crippen molar-refractivity contribution in [3.8, 4) is 5.82 Å². The highest BCUT2D eigenvalue weighted by Gasteiger charge is 2.29. The Morgan fingerprint density at radius 2 is 1.69 bits per heavy atom. The average Bonchev–Trinajstić information content (AvgIpc) is 3.23. The molecule has 0 aliphatic carbocycles. The first-order valence-corrected chi connectivity index (χ1v) is 8.49. The van der Waals surface area contributed by atoms with Crippen molar-refractivity contribution in [2.75, 3.05) is 7.05 Å². The predicted molar refractivity (Wildman–Crippen MR) is 115 cm³/mol. The van der Waals surface area contributed by atoms with Crippen molar-refractivity contribution in [2.45, 2.75) is 19.3 Å². The Labute approximate surface area is 183 Å². The van der Waals surface area contributed by atoms with Crippen molar-refractivity contribution in [3.05, 3.63) is 78.0 Å². The number of halogens is 4. The van der Waals surface area contributed by atoms with E-state index in [9.17, 15) is 13.2 Å². The van der Waals surface area contributed by atoms with Crippen molar-refractivity contribution >= 4 is 29.9 Å². The fourth-order valence-electron chi connectivity index (χ4n) is 2.47. The normalized spacial score (nSPS) is 11.7. The third kappa shape index (κ3) is 6.44. The molecule has 2 heterocycles. The zero-order valence-corrected chi connectivity index (χ0v) is 17.8. The van der Waals surface area contributed by atoms with Crippen LogP contribution < -0.4 is 10.6 Å². The van der Waals surface area contributed by atoms with Gasteiger partial charge in [-0.1, -0.05) is 18.2 Å². The fraction of sp³-hybridized carbons (Fsp3) is 0.211. The number of hydrogen-bond donors (Lipinski definition) is 2. The Bertz CT molecular complexity index is 907. The molecule has 3 aromatic rings. The number of aromatic nitrogens is 3. The number of alkyl halides is 3. The van der Waals surface area contributed by atoms with Crippen LogP contribution in [0.2, 0.25) is 0 Å². The molecule has 0 aliphatic rings. The Kier molecular flexibility index (Phi) is 8.00. The number of benzene rings is 1. The molecule has 0 unspecified atom stereocenters. The Balaban J connectivity index is 0.00000300. The van der Waals surface area contributed by atoms with Crippen molar-refractivity contribution in [1.82, 2.24) is 25.2 Å². The summed E-state index contributed by atoms with van der Waals surface area (Å²) in [5.74, 6) is 1.31. The molecule has 0 spiro atoms. The molecule has 0 saturated carbocycles. The van der Waals surface area contributed by atoms with E-state index in [-0.39, 0.29) is 24.0 Å². The van der Waals surface area contributed by atoms with E-state index in [1.54, 1.807) is 25.8 Å². The third-order valence-electron chi connectivity index (χ3n) is 4.00. The van der Waals surface area contributed by atoms with Gasteiger partial charge in [0, 0.05) is 38.7 Å². The highest BCUT2D eigenvalue weighted by atomic mass is 127. The van der Waals surface area contributed by atoms with E-state index in [1.807, 2.05) is 22.9 Å². The van der Waals surface area contributed by atoms with Gasteiger partial charge in [0.2, 0.25) is 0 Å². The Morgan fingerprint density at radius 3 is 2.21 bits per heavy atom. The number of hydrogen-bond acceptors (Lipinski definition) is 3. The van der Waals surface area contributed by atoms with Gasteiger partial charge in [0.05, 0.1) is 5.56 Å². The zero-order valence-electron chi connectivity index (χ0n) is 15.5. The van der Waals surface area contributed by atoms with Crippen LogP contribution in [0.5, 0.6) is 0 Å². The quantitative estimate of drug-likeness (QED) is 0.308. The van der Waals surface area contributed by atoms with Gasteiger partial charge in [-0.25, -0.2) is 9.97 Å². The molecule has 154 valence electrons. The van der Waals surface area contributed by atoms with Crippen LogP contribution in [0.15, 0.2) is 66.3 Å². The van der Waals surface area contributed by atoms with Crippen LogP contribution in [0.25, 0.3) is 5.82 Å². The van der Waals surface area contributed by atoms with Crippen LogP contribution in [0.4, 0.5) is 13.2 Å². The number of pyridine rings is 1. The largest absolute Gasteiger partial charge is 0.416 e. The maximum atomic E-state index is 12.6. The molecule has 0 radical (unpaired) electrons. The summed E-state index contributed by atoms with van der Waals surface area (Å²) < 4.78 is 39.6. The van der Waals surface area contributed by atoms with E-state index < -0.39 is 11.7 Å². The maximum Gasteiger partial charge on any atom is 0.416 e. The highest BCUT2D eigenvalue weighted by Crippen LogP contribution is 2.29. The summed E-state index contributed by atoms with van der Waals surface area (Å²) in [6, 6.07) is 8.86. The summed E-state index contributed by atoms with van der Waals surface area (Å²) in [7, 11) is 1.63. The first-order chi connectivity index (χ1) is 13.5. The van der Waals surface area contributed by atoms with Crippen molar-refractivity contribution in [3.63, 3.8) is 0 Å². The van der Waals surface area contributed by atoms with E-state index in [0.717, 1.165) is 29.1 Å². The molecule has 10 heteroatoms. The molecule has 2 aromatic heterocycles. The fourth-order valence-corrected chi connectivity index (χ4v) is 2.47. The minimum atomic E-state index is -4.33. The topological polar surface area (TPSA) is 67.1 Å². The summed E-state index contributed by atoms with van der Waals surface area (Å²) in [6.07, 6.45) is 2.60. The lowest BCUT2D eigenvalue weighted by molar-refractivity contribution is -0.137. The smallest absolute Gasteiger partial charge is 0.352 e. The summed E-state index contributed by atoms with van der Waals surface area (Å²) in [6.45, 7) is 0.861. The Morgan fingerprint density at radius 1 is 1.03 bits per heavy atom. The van der Waals surface area contributed by atoms with E-state index in [2.05, 4.69) is 25.6 Å². The second-order valence-electron chi connectivity index (χ2n) is 5.97. The van der Waals surface area contributed by atoms with Crippen LogP contribution in [-0.2, 0) is 19.3 Å². The summed E-state index contributed by atoms with van der Waals surface area (Å²) in [5, 5.41) is 6.22. The first-order valence-electron chi connectivity index (χ1n) is 8.49. The van der Waals surface area contributed by atoms with Gasteiger partial charge in [-0.15, -0.1) is 24.0 Å². The number of imidazole rings is 1. The molecule has 0 aliphatic heterocycles. The molecule has 2 N–H and O–H groups in total. The monoisotopic (exact) mass is 516 g/mol. The van der Waals surface area contributed by atoms with Gasteiger partial charge in [0.15, 0.2) is 5.96 Å². The van der Waals surface area contributed by atoms with Gasteiger partial charge in [-0.3, -0.25) is 9.56 Å². The second-order valence-corrected chi connectivity index (χ2v) is 5.97. The minimum Gasteiger partial charge on any atom is -0.352 e. The molecule has 6 nitrogen and oxygen atoms in total. The van der Waals surface area contributed by atoms with Crippen LogP contribution in [0.1, 0.15) is 16.7 Å². The standard InChI is InChI=1S/C19H19F3N6.HI/c1-23-18(26-10-14-2-5-16(6-3-14)19(20,21)22)27-12-15-4-7-17(25-11-15)28-9-8-24-13-28;/h2-9,11,13H,10,12H2,1H3,(H2,23,26,27);1H. The summed E-state index contributed by atoms with van der Waals surface area (Å²) in [4.78, 5) is 12.5. The minimum absolute atomic E-state index is 0. The molecular formula is C19H20F3IN6. The number of guanidine groups is 1. The Hall–Kier alpha value is -2.63. The SMILES string of the molecule is CN=C(NCc1ccc(C(F)(F)F)cc1)NCc1ccc(-n2ccnc2)nc1.I. The van der Waals surface area contributed by atoms with Crippen LogP contribution in [0, 0.1) is 0 Å². The number of aliphatic imine (C=N–C) groups is 1. The summed E-state index contributed by atoms with van der Waals surface area (Å²) >= 11 is 0. The third-order valence-corrected chi connectivity index (χ3v) is 4.00. The lowest BCUT2D eigenvalue weighted by Gasteiger charge is -2.13. The van der Waals surface area contributed by atoms with E-state index in [0.29, 0.717) is 19.0 Å². The molecule has 3 rings (SSSR count). The number of rotatable bonds is 5. The van der Waals surface area contributed by atoms with Gasteiger partial charge in [0.25, 0.3) is 0 Å². The first kappa shape index (κ1) is 22.7. The molecule has 1 aromatic carbocycles. The molecule has 0 fully saturated rings. The van der Waals surface area contributed by atoms with Gasteiger partial charge >= 0.3 is 6.18 Å². The van der Waals surface area contributed by atoms with Crippen LogP contribution in [-0.4, -0.2) is 27.5 Å². The second kappa shape index (κ2) is 10.2. The number of nitrogens with zero attached hydrogens (tertiary/aromatic N) is 4. The number of nitrogens with one attached hydrogen (secondary N) is 2. The average molecular weight is 516 g/mol. The van der Waals surface area contributed by atoms with Crippen LogP contribution in [0.3, 0.4) is 0 Å². The molecular weight excluding hydrogens is 496 g/mol. The van der Waals surface area contributed by atoms with E-state index in [4.69, 9.17) is 0 Å². The van der Waals surface area contributed by atoms with Crippen molar-refractivity contribution in [2.24, 2.45) is 4.99 Å². The molecule has 0 atom stereocenters. The predicted octanol–water partition coefficient (Wildman–Crippen LogP) is 3.77. The van der Waals surface area contributed by atoms with Gasteiger partial charge in [-0.05, 0) is 29.3 Å². The lowest BCUT2D eigenvalue weighted by Crippen LogP contribution is -2.36. The summed E-state index contributed by atoms with van der Waals surface area (Å²) in [5.41, 5.74) is 1.02. The maximum absolute atomic E-state index is 12.6. The molecule has 0 bridgehead atoms. The van der Waals surface area contributed by atoms with Crippen molar-refractivity contribution in [1.29, 1.82) is 0 Å². The van der Waals surface area contributed by atoms with Gasteiger partial charge < -0.3 is 10.6 Å². The van der Waals surface area contributed by atoms with Gasteiger partial charge in [-0.2, -0.15) is 13.2 Å².